The number of nitrogens with zero attached hydrogens (tertiary/aromatic N) is 2. The molecular formula is C8H12F2N4O. The van der Waals surface area contributed by atoms with Gasteiger partial charge in [-0.1, -0.05) is 0 Å². The Morgan fingerprint density at radius 3 is 2.87 bits per heavy atom. The second-order valence-corrected chi connectivity index (χ2v) is 3.12. The quantitative estimate of drug-likeness (QED) is 0.731. The summed E-state index contributed by atoms with van der Waals surface area (Å²) in [5.41, 5.74) is 4.92. The zero-order valence-corrected chi connectivity index (χ0v) is 8.20. The fourth-order valence-electron chi connectivity index (χ4n) is 0.908. The summed E-state index contributed by atoms with van der Waals surface area (Å²) in [4.78, 5) is 11.3. The summed E-state index contributed by atoms with van der Waals surface area (Å²) in [5.74, 6) is -3.71. The number of rotatable bonds is 4. The molecule has 3 N–H and O–H groups in total. The topological polar surface area (TPSA) is 72.9 Å². The zero-order valence-electron chi connectivity index (χ0n) is 8.20. The molecule has 0 radical (unpaired) electrons. The predicted octanol–water partition coefficient (Wildman–Crippen LogP) is -0.256. The molecule has 1 aromatic rings. The minimum atomic E-state index is -3.08. The largest absolute Gasteiger partial charge is 0.345 e. The van der Waals surface area contributed by atoms with Crippen LogP contribution in [0.3, 0.4) is 0 Å². The molecule has 1 amide bonds. The highest BCUT2D eigenvalue weighted by atomic mass is 19.3. The van der Waals surface area contributed by atoms with Crippen LogP contribution in [0.1, 0.15) is 10.5 Å². The van der Waals surface area contributed by atoms with Crippen LogP contribution in [0.5, 0.6) is 0 Å². The van der Waals surface area contributed by atoms with Crippen molar-refractivity contribution in [3.05, 3.63) is 18.0 Å². The number of carbonyl (C=O) groups is 1. The highest BCUT2D eigenvalue weighted by Gasteiger charge is 2.27. The van der Waals surface area contributed by atoms with E-state index < -0.39 is 24.9 Å². The van der Waals surface area contributed by atoms with Gasteiger partial charge in [-0.05, 0) is 6.07 Å². The van der Waals surface area contributed by atoms with Gasteiger partial charge in [0.1, 0.15) is 5.69 Å². The first-order valence-corrected chi connectivity index (χ1v) is 4.30. The molecule has 0 saturated carbocycles. The predicted molar refractivity (Wildman–Crippen MR) is 49.5 cm³/mol. The second kappa shape index (κ2) is 4.35. The van der Waals surface area contributed by atoms with Crippen molar-refractivity contribution >= 4 is 5.91 Å². The Labute approximate surface area is 85.2 Å². The van der Waals surface area contributed by atoms with Crippen LogP contribution in [-0.4, -0.2) is 34.7 Å². The molecule has 1 aromatic heterocycles. The Morgan fingerprint density at radius 1 is 1.73 bits per heavy atom. The summed E-state index contributed by atoms with van der Waals surface area (Å²) in [6.07, 6.45) is 1.55. The molecule has 0 spiro atoms. The third kappa shape index (κ3) is 3.28. The smallest absolute Gasteiger partial charge is 0.277 e. The SMILES string of the molecule is Cn1ccc(C(=O)NCC(F)(F)CN)n1. The van der Waals surface area contributed by atoms with Crippen molar-refractivity contribution in [2.45, 2.75) is 5.92 Å². The van der Waals surface area contributed by atoms with Crippen molar-refractivity contribution in [3.8, 4) is 0 Å². The van der Waals surface area contributed by atoms with Gasteiger partial charge in [-0.2, -0.15) is 5.10 Å². The van der Waals surface area contributed by atoms with Crippen molar-refractivity contribution in [1.29, 1.82) is 0 Å². The number of hydrogen-bond donors (Lipinski definition) is 2. The number of hydrogen-bond acceptors (Lipinski definition) is 3. The van der Waals surface area contributed by atoms with Crippen molar-refractivity contribution in [2.75, 3.05) is 13.1 Å². The van der Waals surface area contributed by atoms with E-state index in [0.717, 1.165) is 0 Å². The van der Waals surface area contributed by atoms with Crippen LogP contribution in [0, 0.1) is 0 Å². The van der Waals surface area contributed by atoms with E-state index in [1.807, 2.05) is 0 Å². The first-order chi connectivity index (χ1) is 6.94. The summed E-state index contributed by atoms with van der Waals surface area (Å²) in [6, 6.07) is 1.44. The molecule has 84 valence electrons. The molecule has 0 bridgehead atoms. The molecule has 0 aliphatic heterocycles. The number of aromatic nitrogens is 2. The number of carbonyl (C=O) groups excluding carboxylic acids is 1. The third-order valence-electron chi connectivity index (χ3n) is 1.75. The van der Waals surface area contributed by atoms with E-state index in [2.05, 4.69) is 10.4 Å². The molecule has 0 fully saturated rings. The molecule has 1 heterocycles. The van der Waals surface area contributed by atoms with Crippen LogP contribution in [0.4, 0.5) is 8.78 Å². The van der Waals surface area contributed by atoms with E-state index in [0.29, 0.717) is 0 Å². The summed E-state index contributed by atoms with van der Waals surface area (Å²) in [5, 5.41) is 5.82. The fourth-order valence-corrected chi connectivity index (χ4v) is 0.908. The molecule has 5 nitrogen and oxygen atoms in total. The maximum absolute atomic E-state index is 12.7. The summed E-state index contributed by atoms with van der Waals surface area (Å²) in [6.45, 7) is -1.57. The van der Waals surface area contributed by atoms with Crippen LogP contribution in [0.15, 0.2) is 12.3 Å². The van der Waals surface area contributed by atoms with E-state index in [4.69, 9.17) is 5.73 Å². The molecule has 0 saturated heterocycles. The van der Waals surface area contributed by atoms with Gasteiger partial charge in [-0.3, -0.25) is 9.48 Å². The van der Waals surface area contributed by atoms with E-state index in [9.17, 15) is 13.6 Å². The van der Waals surface area contributed by atoms with E-state index >= 15 is 0 Å². The Balaban J connectivity index is 2.50. The van der Waals surface area contributed by atoms with E-state index in [1.165, 1.54) is 10.7 Å². The van der Waals surface area contributed by atoms with Gasteiger partial charge in [0.15, 0.2) is 0 Å². The summed E-state index contributed by atoms with van der Waals surface area (Å²) in [7, 11) is 1.63. The molecule has 0 aromatic carbocycles. The van der Waals surface area contributed by atoms with Gasteiger partial charge in [-0.15, -0.1) is 0 Å². The van der Waals surface area contributed by atoms with E-state index in [1.54, 1.807) is 13.2 Å². The molecule has 0 aliphatic carbocycles. The van der Waals surface area contributed by atoms with Crippen molar-refractivity contribution in [3.63, 3.8) is 0 Å². The maximum atomic E-state index is 12.7. The number of nitrogens with one attached hydrogen (secondary N) is 1. The number of nitrogens with two attached hydrogens (primary N) is 1. The molecule has 0 atom stereocenters. The molecule has 0 aliphatic rings. The van der Waals surface area contributed by atoms with Gasteiger partial charge >= 0.3 is 0 Å². The van der Waals surface area contributed by atoms with E-state index in [-0.39, 0.29) is 5.69 Å². The number of aryl methyl sites for hydroxylation is 1. The fraction of sp³-hybridized carbons (Fsp3) is 0.500. The maximum Gasteiger partial charge on any atom is 0.277 e. The lowest BCUT2D eigenvalue weighted by atomic mass is 10.3. The van der Waals surface area contributed by atoms with Crippen LogP contribution in [-0.2, 0) is 7.05 Å². The van der Waals surface area contributed by atoms with Gasteiger partial charge in [0.25, 0.3) is 11.8 Å². The standard InChI is InChI=1S/C8H12F2N4O/c1-14-3-2-6(13-14)7(15)12-5-8(9,10)4-11/h2-3H,4-5,11H2,1H3,(H,12,15). The molecular weight excluding hydrogens is 206 g/mol. The highest BCUT2D eigenvalue weighted by Crippen LogP contribution is 2.08. The van der Waals surface area contributed by atoms with Gasteiger partial charge in [0.05, 0.1) is 13.1 Å². The average molecular weight is 218 g/mol. The highest BCUT2D eigenvalue weighted by molar-refractivity contribution is 5.92. The Hall–Kier alpha value is -1.50. The lowest BCUT2D eigenvalue weighted by molar-refractivity contribution is 0.0118. The van der Waals surface area contributed by atoms with Crippen molar-refractivity contribution in [2.24, 2.45) is 12.8 Å². The zero-order chi connectivity index (χ0) is 11.5. The minimum Gasteiger partial charge on any atom is -0.345 e. The first kappa shape index (κ1) is 11.6. The van der Waals surface area contributed by atoms with Gasteiger partial charge in [-0.25, -0.2) is 8.78 Å². The second-order valence-electron chi connectivity index (χ2n) is 3.12. The lowest BCUT2D eigenvalue weighted by Crippen LogP contribution is -2.41. The normalized spacial score (nSPS) is 11.5. The number of amides is 1. The van der Waals surface area contributed by atoms with Gasteiger partial charge in [0, 0.05) is 13.2 Å². The van der Waals surface area contributed by atoms with Crippen molar-refractivity contribution in [1.82, 2.24) is 15.1 Å². The molecule has 0 unspecified atom stereocenters. The Bertz CT molecular complexity index is 350. The van der Waals surface area contributed by atoms with Crippen molar-refractivity contribution < 1.29 is 13.6 Å². The van der Waals surface area contributed by atoms with Crippen LogP contribution in [0.2, 0.25) is 0 Å². The summed E-state index contributed by atoms with van der Waals surface area (Å²) < 4.78 is 26.8. The first-order valence-electron chi connectivity index (χ1n) is 4.30. The summed E-state index contributed by atoms with van der Waals surface area (Å²) >= 11 is 0. The number of halogens is 2. The van der Waals surface area contributed by atoms with Gasteiger partial charge in [0.2, 0.25) is 0 Å². The monoisotopic (exact) mass is 218 g/mol. The average Bonchev–Trinajstić information content (AvgIpc) is 2.61. The lowest BCUT2D eigenvalue weighted by Gasteiger charge is -2.13. The van der Waals surface area contributed by atoms with Crippen LogP contribution >= 0.6 is 0 Å². The Morgan fingerprint density at radius 2 is 2.40 bits per heavy atom. The molecule has 7 heteroatoms. The van der Waals surface area contributed by atoms with Gasteiger partial charge < -0.3 is 11.1 Å². The third-order valence-corrected chi connectivity index (χ3v) is 1.75. The number of alkyl halides is 2. The molecule has 1 rings (SSSR count). The van der Waals surface area contributed by atoms with Crippen LogP contribution < -0.4 is 11.1 Å². The Kier molecular flexibility index (Phi) is 3.35. The van der Waals surface area contributed by atoms with Crippen LogP contribution in [0.25, 0.3) is 0 Å². The molecule has 15 heavy (non-hydrogen) atoms. The minimum absolute atomic E-state index is 0.102.